The van der Waals surface area contributed by atoms with Gasteiger partial charge >= 0.3 is 5.63 Å². The molecule has 190 valence electrons. The maximum absolute atomic E-state index is 13.5. The molecule has 0 aliphatic carbocycles. The highest BCUT2D eigenvalue weighted by molar-refractivity contribution is 6.04. The van der Waals surface area contributed by atoms with E-state index < -0.39 is 29.5 Å². The normalized spacial score (nSPS) is 12.5. The topological polar surface area (TPSA) is 248 Å². The van der Waals surface area contributed by atoms with Crippen LogP contribution in [0.25, 0.3) is 11.0 Å². The standard InChI is InChI=1S/C22H33N9O4/c1-12-10-18(32)35-17-11-13(6-7-14(12)17)31(16(19(24)33)5-3-9-30-22(27)28)20(34)15(23)4-2-8-29-21(25)26/h6-7,10-11,15-16H,2-5,8-9,23H2,1H3,(H2,24,33)(H4,25,26,29)(H4,27,28,30)/t15-,16-/m0/s1. The Kier molecular flexibility index (Phi) is 9.58. The summed E-state index contributed by atoms with van der Waals surface area (Å²) in [5, 5.41) is 0.686. The molecule has 2 aromatic rings. The van der Waals surface area contributed by atoms with E-state index in [1.807, 2.05) is 0 Å². The maximum Gasteiger partial charge on any atom is 0.336 e. The summed E-state index contributed by atoms with van der Waals surface area (Å²) in [5.41, 5.74) is 34.0. The van der Waals surface area contributed by atoms with Gasteiger partial charge in [0.25, 0.3) is 0 Å². The van der Waals surface area contributed by atoms with E-state index in [1.54, 1.807) is 19.1 Å². The smallest absolute Gasteiger partial charge is 0.336 e. The molecule has 0 bridgehead atoms. The predicted octanol–water partition coefficient (Wildman–Crippen LogP) is -1.28. The van der Waals surface area contributed by atoms with Gasteiger partial charge in [-0.15, -0.1) is 0 Å². The van der Waals surface area contributed by atoms with Crippen LogP contribution in [0.5, 0.6) is 0 Å². The van der Waals surface area contributed by atoms with E-state index in [0.29, 0.717) is 36.0 Å². The fourth-order valence-electron chi connectivity index (χ4n) is 3.64. The molecule has 13 nitrogen and oxygen atoms in total. The van der Waals surface area contributed by atoms with Gasteiger partial charge in [-0.05, 0) is 50.3 Å². The molecule has 1 heterocycles. The first-order chi connectivity index (χ1) is 16.5. The minimum absolute atomic E-state index is 0.0611. The number of amides is 2. The maximum atomic E-state index is 13.5. The third kappa shape index (κ3) is 7.71. The van der Waals surface area contributed by atoms with E-state index in [1.165, 1.54) is 17.0 Å². The SMILES string of the molecule is Cc1cc(=O)oc2cc(N(C(=O)[C@@H](N)CCCN=C(N)N)[C@@H](CCCN=C(N)N)C(N)=O)ccc12. The largest absolute Gasteiger partial charge is 0.423 e. The van der Waals surface area contributed by atoms with Gasteiger partial charge in [0.15, 0.2) is 11.9 Å². The van der Waals surface area contributed by atoms with Crippen molar-refractivity contribution in [2.75, 3.05) is 18.0 Å². The molecule has 0 aliphatic rings. The highest BCUT2D eigenvalue weighted by Crippen LogP contribution is 2.27. The minimum atomic E-state index is -1.05. The Morgan fingerprint density at radius 3 is 2.14 bits per heavy atom. The Hall–Kier alpha value is -4.13. The number of hydrogen-bond donors (Lipinski definition) is 6. The Bertz CT molecular complexity index is 1170. The van der Waals surface area contributed by atoms with Crippen LogP contribution in [0.4, 0.5) is 5.69 Å². The lowest BCUT2D eigenvalue weighted by molar-refractivity contribution is -0.125. The number of aryl methyl sites for hydroxylation is 1. The number of aliphatic imine (C=N–C) groups is 2. The summed E-state index contributed by atoms with van der Waals surface area (Å²) >= 11 is 0. The van der Waals surface area contributed by atoms with E-state index >= 15 is 0 Å². The zero-order valence-corrected chi connectivity index (χ0v) is 19.6. The number of nitrogens with two attached hydrogens (primary N) is 6. The second kappa shape index (κ2) is 12.4. The van der Waals surface area contributed by atoms with E-state index in [4.69, 9.17) is 38.8 Å². The highest BCUT2D eigenvalue weighted by Gasteiger charge is 2.32. The lowest BCUT2D eigenvalue weighted by Crippen LogP contribution is -2.53. The first-order valence-corrected chi connectivity index (χ1v) is 11.0. The molecular formula is C22H33N9O4. The summed E-state index contributed by atoms with van der Waals surface area (Å²) in [6, 6.07) is 4.21. The lowest BCUT2D eigenvalue weighted by atomic mass is 10.0. The van der Waals surface area contributed by atoms with Gasteiger partial charge in [0.1, 0.15) is 11.6 Å². The third-order valence-corrected chi connectivity index (χ3v) is 5.31. The number of fused-ring (bicyclic) bond motifs is 1. The summed E-state index contributed by atoms with van der Waals surface area (Å²) in [4.78, 5) is 46.8. The zero-order valence-electron chi connectivity index (χ0n) is 19.6. The van der Waals surface area contributed by atoms with E-state index in [0.717, 1.165) is 0 Å². The van der Waals surface area contributed by atoms with Crippen molar-refractivity contribution in [1.82, 2.24) is 0 Å². The molecule has 2 amide bonds. The third-order valence-electron chi connectivity index (χ3n) is 5.31. The van der Waals surface area contributed by atoms with Crippen molar-refractivity contribution in [1.29, 1.82) is 0 Å². The molecule has 2 rings (SSSR count). The lowest BCUT2D eigenvalue weighted by Gasteiger charge is -2.32. The highest BCUT2D eigenvalue weighted by atomic mass is 16.4. The molecule has 35 heavy (non-hydrogen) atoms. The second-order valence-electron chi connectivity index (χ2n) is 8.06. The van der Waals surface area contributed by atoms with Crippen molar-refractivity contribution in [2.24, 2.45) is 44.4 Å². The van der Waals surface area contributed by atoms with Gasteiger partial charge in [0.2, 0.25) is 11.8 Å². The molecule has 2 atom stereocenters. The molecule has 0 aliphatic heterocycles. The Morgan fingerprint density at radius 2 is 1.57 bits per heavy atom. The fraction of sp³-hybridized carbons (Fsp3) is 0.409. The van der Waals surface area contributed by atoms with Crippen LogP contribution in [0, 0.1) is 6.92 Å². The number of nitrogens with zero attached hydrogens (tertiary/aromatic N) is 3. The van der Waals surface area contributed by atoms with E-state index in [9.17, 15) is 14.4 Å². The molecule has 0 saturated carbocycles. The van der Waals surface area contributed by atoms with Gasteiger partial charge in [-0.25, -0.2) is 4.79 Å². The zero-order chi connectivity index (χ0) is 26.1. The number of primary amides is 1. The van der Waals surface area contributed by atoms with Crippen molar-refractivity contribution >= 4 is 40.4 Å². The summed E-state index contributed by atoms with van der Waals surface area (Å²) < 4.78 is 5.32. The van der Waals surface area contributed by atoms with Crippen LogP contribution in [-0.4, -0.2) is 48.9 Å². The molecule has 0 unspecified atom stereocenters. The van der Waals surface area contributed by atoms with Gasteiger partial charge in [0.05, 0.1) is 6.04 Å². The molecule has 0 fully saturated rings. The number of rotatable bonds is 12. The second-order valence-corrected chi connectivity index (χ2v) is 8.06. The Labute approximate surface area is 202 Å². The molecule has 0 saturated heterocycles. The number of carbonyl (C=O) groups is 2. The first-order valence-electron chi connectivity index (χ1n) is 11.0. The number of anilines is 1. The minimum Gasteiger partial charge on any atom is -0.423 e. The fourth-order valence-corrected chi connectivity index (χ4v) is 3.64. The van der Waals surface area contributed by atoms with Crippen LogP contribution >= 0.6 is 0 Å². The van der Waals surface area contributed by atoms with Crippen molar-refractivity contribution in [3.8, 4) is 0 Å². The number of benzene rings is 1. The molecule has 12 N–H and O–H groups in total. The monoisotopic (exact) mass is 487 g/mol. The summed E-state index contributed by atoms with van der Waals surface area (Å²) in [5.74, 6) is -1.42. The van der Waals surface area contributed by atoms with Crippen LogP contribution in [-0.2, 0) is 9.59 Å². The average Bonchev–Trinajstić information content (AvgIpc) is 2.77. The quantitative estimate of drug-likeness (QED) is 0.0901. The molecule has 13 heteroatoms. The van der Waals surface area contributed by atoms with Crippen LogP contribution in [0.3, 0.4) is 0 Å². The molecule has 0 radical (unpaired) electrons. The van der Waals surface area contributed by atoms with Crippen LogP contribution in [0.1, 0.15) is 31.2 Å². The van der Waals surface area contributed by atoms with Crippen molar-refractivity contribution < 1.29 is 14.0 Å². The van der Waals surface area contributed by atoms with E-state index in [-0.39, 0.29) is 36.9 Å². The van der Waals surface area contributed by atoms with Gasteiger partial charge in [-0.1, -0.05) is 0 Å². The molecule has 0 spiro atoms. The number of carbonyl (C=O) groups excluding carboxylic acids is 2. The summed E-state index contributed by atoms with van der Waals surface area (Å²) in [6.45, 7) is 2.30. The van der Waals surface area contributed by atoms with E-state index in [2.05, 4.69) is 9.98 Å². The van der Waals surface area contributed by atoms with Crippen LogP contribution in [0.2, 0.25) is 0 Å². The number of guanidine groups is 2. The van der Waals surface area contributed by atoms with Crippen molar-refractivity contribution in [2.45, 2.75) is 44.7 Å². The van der Waals surface area contributed by atoms with Crippen LogP contribution < -0.4 is 44.9 Å². The summed E-state index contributed by atoms with van der Waals surface area (Å²) in [6.07, 6.45) is 1.24. The molecular weight excluding hydrogens is 454 g/mol. The Balaban J connectivity index is 2.44. The molecule has 1 aromatic heterocycles. The molecule has 1 aromatic carbocycles. The van der Waals surface area contributed by atoms with Crippen molar-refractivity contribution in [3.63, 3.8) is 0 Å². The average molecular weight is 488 g/mol. The van der Waals surface area contributed by atoms with Gasteiger partial charge in [-0.2, -0.15) is 0 Å². The Morgan fingerprint density at radius 1 is 0.971 bits per heavy atom. The van der Waals surface area contributed by atoms with Gasteiger partial charge < -0.3 is 38.8 Å². The number of hydrogen-bond acceptors (Lipinski definition) is 7. The summed E-state index contributed by atoms with van der Waals surface area (Å²) in [7, 11) is 0. The van der Waals surface area contributed by atoms with Gasteiger partial charge in [-0.3, -0.25) is 24.5 Å². The first kappa shape index (κ1) is 27.1. The predicted molar refractivity (Wildman–Crippen MR) is 135 cm³/mol. The van der Waals surface area contributed by atoms with Crippen LogP contribution in [0.15, 0.2) is 43.5 Å². The van der Waals surface area contributed by atoms with Crippen molar-refractivity contribution in [3.05, 3.63) is 40.2 Å². The van der Waals surface area contributed by atoms with Gasteiger partial charge in [0, 0.05) is 36.3 Å².